The third-order valence-electron chi connectivity index (χ3n) is 3.61. The Hall–Kier alpha value is -1.18. The van der Waals surface area contributed by atoms with Gasteiger partial charge < -0.3 is 0 Å². The second kappa shape index (κ2) is 14.8. The SMILES string of the molecule is CCC[CH2][Sn]([CH2]CCC)([O]/C(=C\C(C)=O)OCC)[O]/C(=C\C(C)=O)OCC. The van der Waals surface area contributed by atoms with Crippen LogP contribution in [-0.2, 0) is 25.2 Å². The van der Waals surface area contributed by atoms with Crippen molar-refractivity contribution in [3.63, 3.8) is 0 Å². The van der Waals surface area contributed by atoms with E-state index in [1.807, 2.05) is 13.8 Å². The monoisotopic (exact) mass is 492 g/mol. The normalized spacial score (nSPS) is 12.5. The Labute approximate surface area is 169 Å². The van der Waals surface area contributed by atoms with Crippen molar-refractivity contribution >= 4 is 30.8 Å². The standard InChI is InChI=1S/2C6H10O3.2C4H9.Sn/c2*1-3-9-6(8)4-5(2)7;2*1-3-4-2;/h2*4,8H,3H2,1-2H3;2*1,3-4H2,2H3;/q;;;;+2/p-2/b2*6-4+;;;. The molecule has 0 saturated carbocycles. The Morgan fingerprint density at radius 1 is 0.741 bits per heavy atom. The molecule has 0 atom stereocenters. The Kier molecular flexibility index (Phi) is 14.2. The summed E-state index contributed by atoms with van der Waals surface area (Å²) < 4.78 is 25.3. The van der Waals surface area contributed by atoms with Crippen LogP contribution in [0, 0.1) is 0 Å². The number of allylic oxidation sites excluding steroid dienone is 2. The minimum absolute atomic E-state index is 0.145. The molecule has 0 aromatic carbocycles. The second-order valence-corrected chi connectivity index (χ2v) is 15.6. The summed E-state index contributed by atoms with van der Waals surface area (Å²) in [7, 11) is 0. The molecule has 0 fully saturated rings. The van der Waals surface area contributed by atoms with Crippen LogP contribution in [0.1, 0.15) is 67.2 Å². The maximum absolute atomic E-state index is 11.6. The molecule has 7 heteroatoms. The fourth-order valence-corrected chi connectivity index (χ4v) is 12.3. The number of hydrogen-bond donors (Lipinski definition) is 0. The van der Waals surface area contributed by atoms with Crippen molar-refractivity contribution in [1.82, 2.24) is 0 Å². The number of hydrogen-bond acceptors (Lipinski definition) is 6. The molecular weight excluding hydrogens is 455 g/mol. The van der Waals surface area contributed by atoms with Crippen molar-refractivity contribution in [3.05, 3.63) is 24.0 Å². The zero-order valence-electron chi connectivity index (χ0n) is 17.8. The van der Waals surface area contributed by atoms with Gasteiger partial charge in [-0.15, -0.1) is 0 Å². The number of carbonyl (C=O) groups is 2. The molecule has 0 unspecified atom stereocenters. The quantitative estimate of drug-likeness (QED) is 0.172. The van der Waals surface area contributed by atoms with E-state index in [4.69, 9.17) is 15.6 Å². The Balaban J connectivity index is 5.89. The van der Waals surface area contributed by atoms with Gasteiger partial charge >= 0.3 is 169 Å². The topological polar surface area (TPSA) is 71.1 Å². The van der Waals surface area contributed by atoms with Crippen LogP contribution in [0.5, 0.6) is 0 Å². The summed E-state index contributed by atoms with van der Waals surface area (Å²) in [6.07, 6.45) is 6.62. The molecule has 0 aliphatic rings. The molecule has 27 heavy (non-hydrogen) atoms. The first-order chi connectivity index (χ1) is 12.8. The summed E-state index contributed by atoms with van der Waals surface area (Å²) in [6.45, 7) is 11.6. The molecule has 0 radical (unpaired) electrons. The molecule has 0 aliphatic carbocycles. The molecule has 0 aromatic rings. The van der Waals surface area contributed by atoms with E-state index in [0.717, 1.165) is 34.6 Å². The number of rotatable bonds is 16. The number of ketones is 2. The molecule has 0 aliphatic heterocycles. The van der Waals surface area contributed by atoms with Gasteiger partial charge in [-0.2, -0.15) is 0 Å². The van der Waals surface area contributed by atoms with Gasteiger partial charge in [-0.3, -0.25) is 0 Å². The van der Waals surface area contributed by atoms with Crippen molar-refractivity contribution in [2.45, 2.75) is 76.1 Å². The molecule has 0 N–H and O–H groups in total. The van der Waals surface area contributed by atoms with Gasteiger partial charge in [0.15, 0.2) is 0 Å². The van der Waals surface area contributed by atoms with Crippen LogP contribution in [-0.4, -0.2) is 44.0 Å². The number of carbonyl (C=O) groups excluding carboxylic acids is 2. The molecule has 0 aromatic heterocycles. The van der Waals surface area contributed by atoms with Gasteiger partial charge in [0.1, 0.15) is 0 Å². The van der Waals surface area contributed by atoms with E-state index in [-0.39, 0.29) is 23.5 Å². The summed E-state index contributed by atoms with van der Waals surface area (Å²) in [5, 5.41) is 0. The number of ether oxygens (including phenoxy) is 2. The van der Waals surface area contributed by atoms with E-state index in [9.17, 15) is 9.59 Å². The van der Waals surface area contributed by atoms with E-state index >= 15 is 0 Å². The van der Waals surface area contributed by atoms with Gasteiger partial charge in [0, 0.05) is 0 Å². The summed E-state index contributed by atoms with van der Waals surface area (Å²) in [5.41, 5.74) is 0. The molecule has 6 nitrogen and oxygen atoms in total. The molecule has 0 saturated heterocycles. The predicted molar refractivity (Wildman–Crippen MR) is 108 cm³/mol. The van der Waals surface area contributed by atoms with Gasteiger partial charge in [0.05, 0.1) is 0 Å². The van der Waals surface area contributed by atoms with E-state index < -0.39 is 19.2 Å². The Morgan fingerprint density at radius 3 is 1.37 bits per heavy atom. The van der Waals surface area contributed by atoms with Crippen molar-refractivity contribution in [3.8, 4) is 0 Å². The first-order valence-corrected chi connectivity index (χ1v) is 16.3. The second-order valence-electron chi connectivity index (χ2n) is 6.34. The van der Waals surface area contributed by atoms with Crippen LogP contribution in [0.15, 0.2) is 24.0 Å². The third-order valence-corrected chi connectivity index (χ3v) is 13.2. The van der Waals surface area contributed by atoms with E-state index in [1.54, 1.807) is 0 Å². The minimum atomic E-state index is -3.78. The first-order valence-electron chi connectivity index (χ1n) is 9.90. The van der Waals surface area contributed by atoms with Crippen LogP contribution in [0.4, 0.5) is 0 Å². The summed E-state index contributed by atoms with van der Waals surface area (Å²) >= 11 is -3.78. The zero-order valence-corrected chi connectivity index (χ0v) is 20.6. The van der Waals surface area contributed by atoms with Gasteiger partial charge in [0.2, 0.25) is 0 Å². The van der Waals surface area contributed by atoms with Gasteiger partial charge in [-0.05, 0) is 0 Å². The van der Waals surface area contributed by atoms with Crippen LogP contribution in [0.3, 0.4) is 0 Å². The van der Waals surface area contributed by atoms with Gasteiger partial charge in [0.25, 0.3) is 0 Å². The van der Waals surface area contributed by atoms with Crippen molar-refractivity contribution < 1.29 is 25.2 Å². The molecule has 0 spiro atoms. The Morgan fingerprint density at radius 2 is 1.11 bits per heavy atom. The van der Waals surface area contributed by atoms with Gasteiger partial charge in [-0.25, -0.2) is 0 Å². The fourth-order valence-electron chi connectivity index (χ4n) is 2.43. The van der Waals surface area contributed by atoms with Crippen LogP contribution >= 0.6 is 0 Å². The molecule has 0 amide bonds. The maximum atomic E-state index is 11.6. The molecule has 156 valence electrons. The van der Waals surface area contributed by atoms with Crippen molar-refractivity contribution in [1.29, 1.82) is 0 Å². The molecule has 0 heterocycles. The fraction of sp³-hybridized carbons (Fsp3) is 0.700. The summed E-state index contributed by atoms with van der Waals surface area (Å²) in [6, 6.07) is 0. The summed E-state index contributed by atoms with van der Waals surface area (Å²) in [5.74, 6) is 0.140. The predicted octanol–water partition coefficient (Wildman–Crippen LogP) is 5.00. The average Bonchev–Trinajstić information content (AvgIpc) is 2.57. The van der Waals surface area contributed by atoms with E-state index in [1.165, 1.54) is 26.0 Å². The van der Waals surface area contributed by atoms with Crippen LogP contribution in [0.25, 0.3) is 0 Å². The van der Waals surface area contributed by atoms with Crippen molar-refractivity contribution in [2.24, 2.45) is 0 Å². The van der Waals surface area contributed by atoms with Crippen molar-refractivity contribution in [2.75, 3.05) is 13.2 Å². The Bertz CT molecular complexity index is 467. The van der Waals surface area contributed by atoms with E-state index in [2.05, 4.69) is 13.8 Å². The molecule has 0 rings (SSSR count). The zero-order chi connectivity index (χ0) is 20.7. The van der Waals surface area contributed by atoms with Crippen LogP contribution < -0.4 is 0 Å². The summed E-state index contributed by atoms with van der Waals surface area (Å²) in [4.78, 5) is 23.2. The molecular formula is C20H36O6Sn. The van der Waals surface area contributed by atoms with Gasteiger partial charge in [-0.1, -0.05) is 0 Å². The molecule has 0 bridgehead atoms. The third kappa shape index (κ3) is 12.0. The average molecular weight is 491 g/mol. The van der Waals surface area contributed by atoms with Crippen LogP contribution in [0.2, 0.25) is 8.87 Å². The first kappa shape index (κ1) is 25.8. The van der Waals surface area contributed by atoms with E-state index in [0.29, 0.717) is 13.2 Å². The number of unbranched alkanes of at least 4 members (excludes halogenated alkanes) is 2.